The van der Waals surface area contributed by atoms with E-state index >= 15 is 0 Å². The molecule has 0 unspecified atom stereocenters. The molecule has 0 fully saturated rings. The summed E-state index contributed by atoms with van der Waals surface area (Å²) in [6.07, 6.45) is 0. The van der Waals surface area contributed by atoms with Gasteiger partial charge in [-0.1, -0.05) is 99.6 Å². The number of ether oxygens (including phenoxy) is 1. The standard InChI is InChI=1S/C40H31BN2O/c1-40(2,3)26-20-23-35-33(24-26)32-18-10-17-31-30-16-11-19-36-38(30)41(43(35)39(31)32)34-22-21-29(44-28-14-8-5-9-15-28)25-37(34)42(36)27-12-6-4-7-13-27/h4-25H,1-3H3. The molecule has 3 heterocycles. The summed E-state index contributed by atoms with van der Waals surface area (Å²) in [6, 6.07) is 48.1. The highest BCUT2D eigenvalue weighted by Crippen LogP contribution is 2.46. The van der Waals surface area contributed by atoms with Gasteiger partial charge < -0.3 is 14.1 Å². The van der Waals surface area contributed by atoms with E-state index in [4.69, 9.17) is 4.74 Å². The third kappa shape index (κ3) is 3.58. The van der Waals surface area contributed by atoms with Crippen molar-refractivity contribution >= 4 is 56.6 Å². The summed E-state index contributed by atoms with van der Waals surface area (Å²) in [4.78, 5) is 2.41. The lowest BCUT2D eigenvalue weighted by Crippen LogP contribution is -2.56. The van der Waals surface area contributed by atoms with Crippen molar-refractivity contribution in [3.63, 3.8) is 0 Å². The Morgan fingerprint density at radius 1 is 0.591 bits per heavy atom. The Kier molecular flexibility index (Phi) is 5.26. The Balaban J connectivity index is 1.36. The first-order valence-corrected chi connectivity index (χ1v) is 15.4. The molecule has 0 bridgehead atoms. The topological polar surface area (TPSA) is 17.4 Å². The molecule has 44 heavy (non-hydrogen) atoms. The molecule has 0 spiro atoms. The maximum atomic E-state index is 6.40. The zero-order valence-corrected chi connectivity index (χ0v) is 25.1. The monoisotopic (exact) mass is 566 g/mol. The summed E-state index contributed by atoms with van der Waals surface area (Å²) in [7, 11) is 0. The van der Waals surface area contributed by atoms with Crippen LogP contribution in [0.4, 0.5) is 17.1 Å². The zero-order chi connectivity index (χ0) is 29.6. The minimum Gasteiger partial charge on any atom is -0.457 e. The van der Waals surface area contributed by atoms with Gasteiger partial charge in [0, 0.05) is 50.5 Å². The van der Waals surface area contributed by atoms with Crippen molar-refractivity contribution in [2.45, 2.75) is 26.2 Å². The molecule has 0 aliphatic carbocycles. The van der Waals surface area contributed by atoms with E-state index in [1.165, 1.54) is 55.1 Å². The van der Waals surface area contributed by atoms with E-state index in [9.17, 15) is 0 Å². The van der Waals surface area contributed by atoms with E-state index in [2.05, 4.69) is 133 Å². The van der Waals surface area contributed by atoms with Crippen LogP contribution in [0.3, 0.4) is 0 Å². The number of hydrogen-bond acceptors (Lipinski definition) is 2. The molecule has 0 atom stereocenters. The Morgan fingerprint density at radius 3 is 2.14 bits per heavy atom. The molecule has 210 valence electrons. The van der Waals surface area contributed by atoms with Crippen LogP contribution in [0.2, 0.25) is 0 Å². The normalized spacial score (nSPS) is 13.2. The van der Waals surface area contributed by atoms with Gasteiger partial charge in [0.25, 0.3) is 0 Å². The second kappa shape index (κ2) is 9.14. The summed E-state index contributed by atoms with van der Waals surface area (Å²) in [5.74, 6) is 1.65. The van der Waals surface area contributed by atoms with E-state index in [0.29, 0.717) is 0 Å². The molecule has 7 aromatic rings. The predicted molar refractivity (Wildman–Crippen MR) is 185 cm³/mol. The van der Waals surface area contributed by atoms with E-state index in [0.717, 1.165) is 22.9 Å². The van der Waals surface area contributed by atoms with Crippen molar-refractivity contribution in [2.75, 3.05) is 4.90 Å². The molecule has 2 aliphatic rings. The van der Waals surface area contributed by atoms with Crippen LogP contribution in [0, 0.1) is 0 Å². The molecule has 9 rings (SSSR count). The third-order valence-electron chi connectivity index (χ3n) is 9.37. The van der Waals surface area contributed by atoms with Crippen molar-refractivity contribution in [3.05, 3.63) is 139 Å². The number of aromatic nitrogens is 1. The molecule has 2 aliphatic heterocycles. The molecule has 0 saturated carbocycles. The lowest BCUT2D eigenvalue weighted by molar-refractivity contribution is 0.483. The van der Waals surface area contributed by atoms with Gasteiger partial charge >= 0.3 is 6.85 Å². The summed E-state index contributed by atoms with van der Waals surface area (Å²) >= 11 is 0. The van der Waals surface area contributed by atoms with Gasteiger partial charge in [-0.15, -0.1) is 0 Å². The second-order valence-corrected chi connectivity index (χ2v) is 13.0. The summed E-state index contributed by atoms with van der Waals surface area (Å²) in [5.41, 5.74) is 12.7. The van der Waals surface area contributed by atoms with Gasteiger partial charge in [0.2, 0.25) is 0 Å². The molecular weight excluding hydrogens is 535 g/mol. The molecule has 3 nitrogen and oxygen atoms in total. The maximum absolute atomic E-state index is 6.40. The lowest BCUT2D eigenvalue weighted by atomic mass is 9.45. The second-order valence-electron chi connectivity index (χ2n) is 13.0. The van der Waals surface area contributed by atoms with Gasteiger partial charge in [0.15, 0.2) is 0 Å². The van der Waals surface area contributed by atoms with Crippen LogP contribution in [-0.4, -0.2) is 11.3 Å². The van der Waals surface area contributed by atoms with Crippen LogP contribution in [0.1, 0.15) is 26.3 Å². The van der Waals surface area contributed by atoms with Crippen LogP contribution >= 0.6 is 0 Å². The highest BCUT2D eigenvalue weighted by Gasteiger charge is 2.42. The minimum atomic E-state index is 0.0253. The molecule has 1 aromatic heterocycles. The van der Waals surface area contributed by atoms with Crippen LogP contribution in [-0.2, 0) is 5.41 Å². The Morgan fingerprint density at radius 2 is 1.34 bits per heavy atom. The SMILES string of the molecule is CC(C)(C)c1ccc2c(c1)c1cccc3c1n2B1c2ccc(Oc4ccccc4)cc2N(c2ccccc2)c2cccc-3c21. The van der Waals surface area contributed by atoms with Gasteiger partial charge in [0.05, 0.1) is 0 Å². The molecule has 0 N–H and O–H groups in total. The van der Waals surface area contributed by atoms with Gasteiger partial charge in [-0.05, 0) is 76.0 Å². The van der Waals surface area contributed by atoms with Crippen molar-refractivity contribution in [1.29, 1.82) is 0 Å². The van der Waals surface area contributed by atoms with Gasteiger partial charge in [0.1, 0.15) is 11.5 Å². The molecular formula is C40H31BN2O. The van der Waals surface area contributed by atoms with E-state index in [1.807, 2.05) is 30.3 Å². The van der Waals surface area contributed by atoms with Crippen molar-refractivity contribution in [1.82, 2.24) is 4.48 Å². The average molecular weight is 567 g/mol. The predicted octanol–water partition coefficient (Wildman–Crippen LogP) is 9.30. The van der Waals surface area contributed by atoms with E-state index in [-0.39, 0.29) is 12.3 Å². The number of anilines is 3. The molecule has 4 heteroatoms. The molecule has 6 aromatic carbocycles. The number of nitrogens with zero attached hydrogens (tertiary/aromatic N) is 2. The highest BCUT2D eigenvalue weighted by molar-refractivity contribution is 6.90. The van der Waals surface area contributed by atoms with Gasteiger partial charge in [-0.3, -0.25) is 0 Å². The first-order valence-electron chi connectivity index (χ1n) is 15.4. The van der Waals surface area contributed by atoms with E-state index < -0.39 is 0 Å². The fourth-order valence-electron chi connectivity index (χ4n) is 7.37. The number of rotatable bonds is 3. The number of hydrogen-bond donors (Lipinski definition) is 0. The molecule has 0 amide bonds. The zero-order valence-electron chi connectivity index (χ0n) is 25.1. The smallest absolute Gasteiger partial charge is 0.333 e. The largest absolute Gasteiger partial charge is 0.457 e. The first-order chi connectivity index (χ1) is 21.5. The number of benzene rings is 6. The fourth-order valence-corrected chi connectivity index (χ4v) is 7.37. The Labute approximate surface area is 258 Å². The average Bonchev–Trinajstić information content (AvgIpc) is 3.38. The van der Waals surface area contributed by atoms with Crippen LogP contribution < -0.4 is 20.6 Å². The van der Waals surface area contributed by atoms with Crippen LogP contribution in [0.15, 0.2) is 133 Å². The molecule has 0 radical (unpaired) electrons. The van der Waals surface area contributed by atoms with Crippen molar-refractivity contribution in [3.8, 4) is 22.6 Å². The third-order valence-corrected chi connectivity index (χ3v) is 9.37. The van der Waals surface area contributed by atoms with Crippen molar-refractivity contribution < 1.29 is 4.74 Å². The number of fused-ring (bicyclic) bond motifs is 7. The minimum absolute atomic E-state index is 0.0253. The fraction of sp³-hybridized carbons (Fsp3) is 0.100. The highest BCUT2D eigenvalue weighted by atomic mass is 16.5. The van der Waals surface area contributed by atoms with Crippen molar-refractivity contribution in [2.24, 2.45) is 0 Å². The van der Waals surface area contributed by atoms with E-state index in [1.54, 1.807) is 0 Å². The maximum Gasteiger partial charge on any atom is 0.333 e. The summed E-state index contributed by atoms with van der Waals surface area (Å²) in [6.45, 7) is 6.91. The van der Waals surface area contributed by atoms with Gasteiger partial charge in [-0.2, -0.15) is 0 Å². The van der Waals surface area contributed by atoms with Crippen LogP contribution in [0.5, 0.6) is 11.5 Å². The summed E-state index contributed by atoms with van der Waals surface area (Å²) in [5, 5.41) is 2.63. The van der Waals surface area contributed by atoms with Crippen LogP contribution in [0.25, 0.3) is 32.9 Å². The lowest BCUT2D eigenvalue weighted by Gasteiger charge is -2.40. The molecule has 0 saturated heterocycles. The quantitative estimate of drug-likeness (QED) is 0.198. The first kappa shape index (κ1) is 25.3. The Bertz CT molecular complexity index is 2250. The van der Waals surface area contributed by atoms with Gasteiger partial charge in [-0.25, -0.2) is 0 Å². The Hall–Kier alpha value is -5.22. The number of para-hydroxylation sites is 3. The summed E-state index contributed by atoms with van der Waals surface area (Å²) < 4.78 is 9.01.